The smallest absolute Gasteiger partial charge is 0.119 e. The molecule has 0 saturated heterocycles. The van der Waals surface area contributed by atoms with E-state index in [-0.39, 0.29) is 0 Å². The maximum absolute atomic E-state index is 5.38. The van der Waals surface area contributed by atoms with Crippen molar-refractivity contribution < 1.29 is 4.74 Å². The number of methoxy groups -OCH3 is 1. The normalized spacial score (nSPS) is 15.8. The van der Waals surface area contributed by atoms with Crippen LogP contribution in [-0.2, 0) is 0 Å². The fourth-order valence-corrected chi connectivity index (χ4v) is 3.50. The van der Waals surface area contributed by atoms with Crippen molar-refractivity contribution in [2.45, 2.75) is 13.8 Å². The number of halogens is 2. The van der Waals surface area contributed by atoms with Gasteiger partial charge in [-0.15, -0.1) is 0 Å². The van der Waals surface area contributed by atoms with Crippen LogP contribution in [0.2, 0.25) is 0 Å². The molecule has 0 unspecified atom stereocenters. The summed E-state index contributed by atoms with van der Waals surface area (Å²) in [6.45, 7) is 4.20. The highest BCUT2D eigenvalue weighted by molar-refractivity contribution is 9.18. The first-order chi connectivity index (χ1) is 11.0. The van der Waals surface area contributed by atoms with Gasteiger partial charge in [0, 0.05) is 11.3 Å². The largest absolute Gasteiger partial charge is 0.497 e. The first-order valence-electron chi connectivity index (χ1n) is 7.16. The van der Waals surface area contributed by atoms with E-state index in [2.05, 4.69) is 73.9 Å². The minimum atomic E-state index is 0.833. The van der Waals surface area contributed by atoms with Gasteiger partial charge in [0.15, 0.2) is 0 Å². The zero-order valence-electron chi connectivity index (χ0n) is 13.1. The van der Waals surface area contributed by atoms with Gasteiger partial charge in [-0.25, -0.2) is 4.99 Å². The fraction of sp³-hybridized carbons (Fsp3) is 0.167. The SMILES string of the molecule is COc1cc(C)c(/C(=C2\C=CC(Br)=N2)c2ccc(Br)[nH]2)c(C)c1. The molecule has 0 bridgehead atoms. The average molecular weight is 436 g/mol. The zero-order chi connectivity index (χ0) is 16.6. The summed E-state index contributed by atoms with van der Waals surface area (Å²) in [6.07, 6.45) is 3.98. The van der Waals surface area contributed by atoms with Gasteiger partial charge >= 0.3 is 0 Å². The summed E-state index contributed by atoms with van der Waals surface area (Å²) in [6, 6.07) is 8.17. The number of hydrogen-bond donors (Lipinski definition) is 1. The lowest BCUT2D eigenvalue weighted by molar-refractivity contribution is 0.414. The Morgan fingerprint density at radius 1 is 1.09 bits per heavy atom. The molecule has 1 aliphatic heterocycles. The summed E-state index contributed by atoms with van der Waals surface area (Å²) in [5, 5.41) is 0. The van der Waals surface area contributed by atoms with E-state index in [0.29, 0.717) is 0 Å². The highest BCUT2D eigenvalue weighted by Crippen LogP contribution is 2.36. The lowest BCUT2D eigenvalue weighted by atomic mass is 9.92. The minimum absolute atomic E-state index is 0.833. The molecule has 3 nitrogen and oxygen atoms in total. The Labute approximate surface area is 152 Å². The molecule has 1 aromatic heterocycles. The third-order valence-corrected chi connectivity index (χ3v) is 4.68. The van der Waals surface area contributed by atoms with E-state index < -0.39 is 0 Å². The predicted octanol–water partition coefficient (Wildman–Crippen LogP) is 5.53. The maximum atomic E-state index is 5.38. The Bertz CT molecular complexity index is 837. The van der Waals surface area contributed by atoms with Gasteiger partial charge in [0.2, 0.25) is 0 Å². The summed E-state index contributed by atoms with van der Waals surface area (Å²) < 4.78 is 7.16. The third kappa shape index (κ3) is 3.21. The molecular weight excluding hydrogens is 420 g/mol. The van der Waals surface area contributed by atoms with Crippen molar-refractivity contribution in [3.8, 4) is 5.75 Å². The molecule has 0 aliphatic carbocycles. The van der Waals surface area contributed by atoms with Crippen LogP contribution in [0.25, 0.3) is 5.57 Å². The van der Waals surface area contributed by atoms with Crippen molar-refractivity contribution in [3.63, 3.8) is 0 Å². The van der Waals surface area contributed by atoms with Crippen molar-refractivity contribution in [1.29, 1.82) is 0 Å². The number of aromatic nitrogens is 1. The van der Waals surface area contributed by atoms with Gasteiger partial charge in [0.25, 0.3) is 0 Å². The topological polar surface area (TPSA) is 37.4 Å². The van der Waals surface area contributed by atoms with Gasteiger partial charge in [-0.3, -0.25) is 0 Å². The van der Waals surface area contributed by atoms with Gasteiger partial charge in [0.05, 0.1) is 17.4 Å². The second kappa shape index (κ2) is 6.49. The Kier molecular flexibility index (Phi) is 4.60. The maximum Gasteiger partial charge on any atom is 0.119 e. The number of aromatic amines is 1. The molecule has 0 radical (unpaired) electrons. The van der Waals surface area contributed by atoms with E-state index in [9.17, 15) is 0 Å². The van der Waals surface area contributed by atoms with Crippen LogP contribution >= 0.6 is 31.9 Å². The van der Waals surface area contributed by atoms with Crippen LogP contribution in [0.5, 0.6) is 5.75 Å². The quantitative estimate of drug-likeness (QED) is 0.676. The second-order valence-electron chi connectivity index (χ2n) is 5.38. The Balaban J connectivity index is 2.29. The number of benzene rings is 1. The molecule has 1 aromatic carbocycles. The minimum Gasteiger partial charge on any atom is -0.497 e. The van der Waals surface area contributed by atoms with E-state index in [1.54, 1.807) is 7.11 Å². The number of hydrogen-bond acceptors (Lipinski definition) is 2. The number of aryl methyl sites for hydroxylation is 2. The Morgan fingerprint density at radius 2 is 1.78 bits per heavy atom. The molecule has 0 amide bonds. The van der Waals surface area contributed by atoms with E-state index in [1.807, 2.05) is 18.2 Å². The van der Waals surface area contributed by atoms with Crippen LogP contribution in [0, 0.1) is 13.8 Å². The molecular formula is C18H16Br2N2O. The highest BCUT2D eigenvalue weighted by Gasteiger charge is 2.19. The lowest BCUT2D eigenvalue weighted by Gasteiger charge is -2.16. The van der Waals surface area contributed by atoms with E-state index >= 15 is 0 Å². The number of ether oxygens (including phenoxy) is 1. The monoisotopic (exact) mass is 434 g/mol. The first kappa shape index (κ1) is 16.3. The highest BCUT2D eigenvalue weighted by atomic mass is 79.9. The summed E-state index contributed by atoms with van der Waals surface area (Å²) in [5.41, 5.74) is 6.52. The summed E-state index contributed by atoms with van der Waals surface area (Å²) in [5.74, 6) is 0.868. The molecule has 23 heavy (non-hydrogen) atoms. The van der Waals surface area contributed by atoms with Crippen LogP contribution < -0.4 is 4.74 Å². The molecule has 0 atom stereocenters. The number of rotatable bonds is 3. The number of nitrogens with zero attached hydrogens (tertiary/aromatic N) is 1. The Morgan fingerprint density at radius 3 is 2.26 bits per heavy atom. The molecule has 1 aliphatic rings. The zero-order valence-corrected chi connectivity index (χ0v) is 16.2. The van der Waals surface area contributed by atoms with Crippen LogP contribution in [0.15, 0.2) is 51.7 Å². The number of nitrogens with one attached hydrogen (secondary N) is 1. The molecule has 2 aromatic rings. The van der Waals surface area contributed by atoms with Gasteiger partial charge in [0.1, 0.15) is 10.4 Å². The molecule has 3 rings (SSSR count). The lowest BCUT2D eigenvalue weighted by Crippen LogP contribution is -1.99. The van der Waals surface area contributed by atoms with Gasteiger partial charge in [-0.2, -0.15) is 0 Å². The predicted molar refractivity (Wildman–Crippen MR) is 102 cm³/mol. The summed E-state index contributed by atoms with van der Waals surface area (Å²) in [7, 11) is 1.69. The summed E-state index contributed by atoms with van der Waals surface area (Å²) in [4.78, 5) is 7.97. The van der Waals surface area contributed by atoms with Crippen molar-refractivity contribution in [3.05, 3.63) is 69.1 Å². The molecule has 0 fully saturated rings. The molecule has 0 saturated carbocycles. The van der Waals surface area contributed by atoms with Crippen LogP contribution in [0.4, 0.5) is 0 Å². The van der Waals surface area contributed by atoms with Gasteiger partial charge in [-0.1, -0.05) is 0 Å². The van der Waals surface area contributed by atoms with Crippen molar-refractivity contribution >= 4 is 42.1 Å². The molecule has 1 N–H and O–H groups in total. The Hall–Kier alpha value is -1.59. The number of aliphatic imine (C=N–C) groups is 1. The van der Waals surface area contributed by atoms with E-state index in [4.69, 9.17) is 4.74 Å². The molecule has 118 valence electrons. The van der Waals surface area contributed by atoms with Crippen molar-refractivity contribution in [2.24, 2.45) is 4.99 Å². The van der Waals surface area contributed by atoms with Crippen LogP contribution in [0.1, 0.15) is 22.4 Å². The first-order valence-corrected chi connectivity index (χ1v) is 8.75. The van der Waals surface area contributed by atoms with Crippen LogP contribution in [0.3, 0.4) is 0 Å². The second-order valence-corrected chi connectivity index (χ2v) is 7.05. The van der Waals surface area contributed by atoms with E-state index in [0.717, 1.165) is 43.1 Å². The summed E-state index contributed by atoms with van der Waals surface area (Å²) >= 11 is 6.94. The third-order valence-electron chi connectivity index (χ3n) is 3.77. The van der Waals surface area contributed by atoms with Gasteiger partial charge in [-0.05, 0) is 98.8 Å². The number of H-pyrrole nitrogens is 1. The fourth-order valence-electron chi connectivity index (χ4n) is 2.83. The molecule has 2 heterocycles. The standard InChI is InChI=1S/C18H16Br2N2O/c1-10-8-12(23-3)9-11(2)17(10)18(13-4-6-15(19)21-13)14-5-7-16(20)22-14/h4-9,21H,1-3H3/b18-14+. The van der Waals surface area contributed by atoms with Crippen LogP contribution in [-0.4, -0.2) is 16.7 Å². The average Bonchev–Trinajstić information content (AvgIpc) is 3.11. The van der Waals surface area contributed by atoms with E-state index in [1.165, 1.54) is 5.56 Å². The molecule has 0 spiro atoms. The molecule has 5 heteroatoms. The van der Waals surface area contributed by atoms with Gasteiger partial charge < -0.3 is 9.72 Å². The van der Waals surface area contributed by atoms with Crippen molar-refractivity contribution in [1.82, 2.24) is 4.98 Å². The van der Waals surface area contributed by atoms with Crippen molar-refractivity contribution in [2.75, 3.05) is 7.11 Å². The number of allylic oxidation sites excluding steroid dienone is 2.